The Kier molecular flexibility index (Phi) is 7.53. The van der Waals surface area contributed by atoms with Gasteiger partial charge in [-0.05, 0) is 25.7 Å². The average Bonchev–Trinajstić information content (AvgIpc) is 2.79. The first-order valence-electron chi connectivity index (χ1n) is 10.6. The van der Waals surface area contributed by atoms with Crippen LogP contribution in [0.4, 0.5) is 8.78 Å². The van der Waals surface area contributed by atoms with Gasteiger partial charge in [0.1, 0.15) is 6.10 Å². The van der Waals surface area contributed by atoms with Crippen LogP contribution in [0.15, 0.2) is 12.1 Å². The van der Waals surface area contributed by atoms with E-state index >= 15 is 0 Å². The topological polar surface area (TPSA) is 66.4 Å². The van der Waals surface area contributed by atoms with Gasteiger partial charge in [0.2, 0.25) is 0 Å². The molecule has 8 heteroatoms. The summed E-state index contributed by atoms with van der Waals surface area (Å²) in [5, 5.41) is 10.3. The van der Waals surface area contributed by atoms with E-state index in [0.717, 1.165) is 18.9 Å². The molecule has 32 heavy (non-hydrogen) atoms. The number of fused-ring (bicyclic) bond motifs is 1. The number of hydrogen-bond acceptors (Lipinski definition) is 6. The lowest BCUT2D eigenvalue weighted by Crippen LogP contribution is -2.34. The molecular formula is C24H30F2O6. The van der Waals surface area contributed by atoms with Crippen molar-refractivity contribution in [3.8, 4) is 34.5 Å². The van der Waals surface area contributed by atoms with E-state index in [0.29, 0.717) is 35.5 Å². The van der Waals surface area contributed by atoms with Crippen molar-refractivity contribution >= 4 is 0 Å². The Hall–Kier alpha value is -2.90. The van der Waals surface area contributed by atoms with Gasteiger partial charge in [-0.25, -0.2) is 8.78 Å². The second-order valence-corrected chi connectivity index (χ2v) is 7.77. The number of hydrogen-bond donors (Lipinski definition) is 1. The summed E-state index contributed by atoms with van der Waals surface area (Å²) in [7, 11) is 5.82. The molecular weight excluding hydrogens is 422 g/mol. The molecule has 1 N–H and O–H groups in total. The van der Waals surface area contributed by atoms with Gasteiger partial charge in [-0.3, -0.25) is 0 Å². The maximum Gasteiger partial charge on any atom is 0.169 e. The third-order valence-corrected chi connectivity index (χ3v) is 5.96. The highest BCUT2D eigenvalue weighted by molar-refractivity contribution is 5.56. The fourth-order valence-corrected chi connectivity index (χ4v) is 4.47. The van der Waals surface area contributed by atoms with Gasteiger partial charge in [-0.2, -0.15) is 0 Å². The van der Waals surface area contributed by atoms with Crippen LogP contribution >= 0.6 is 0 Å². The van der Waals surface area contributed by atoms with Crippen LogP contribution in [0.2, 0.25) is 0 Å². The van der Waals surface area contributed by atoms with Gasteiger partial charge in [-0.1, -0.05) is 13.3 Å². The molecule has 0 saturated carbocycles. The minimum atomic E-state index is -0.791. The van der Waals surface area contributed by atoms with Crippen LogP contribution in [0.5, 0.6) is 34.5 Å². The zero-order valence-electron chi connectivity index (χ0n) is 19.1. The van der Waals surface area contributed by atoms with E-state index in [2.05, 4.69) is 6.92 Å². The van der Waals surface area contributed by atoms with Crippen molar-refractivity contribution in [2.24, 2.45) is 5.92 Å². The van der Waals surface area contributed by atoms with Gasteiger partial charge >= 0.3 is 0 Å². The lowest BCUT2D eigenvalue weighted by atomic mass is 9.84. The monoisotopic (exact) mass is 452 g/mol. The van der Waals surface area contributed by atoms with E-state index in [1.807, 2.05) is 0 Å². The zero-order chi connectivity index (χ0) is 23.4. The van der Waals surface area contributed by atoms with E-state index in [1.54, 1.807) is 0 Å². The Bertz CT molecular complexity index is 962. The summed E-state index contributed by atoms with van der Waals surface area (Å²) in [5.41, 5.74) is 0.939. The molecule has 1 aliphatic rings. The number of methoxy groups -OCH3 is 4. The van der Waals surface area contributed by atoms with Gasteiger partial charge in [-0.15, -0.1) is 0 Å². The summed E-state index contributed by atoms with van der Waals surface area (Å²) in [6, 6.07) is 2.33. The summed E-state index contributed by atoms with van der Waals surface area (Å²) in [6.07, 6.45) is 2.67. The Morgan fingerprint density at radius 3 is 2.16 bits per heavy atom. The molecule has 0 fully saturated rings. The lowest BCUT2D eigenvalue weighted by Gasteiger charge is -2.35. The Morgan fingerprint density at radius 2 is 1.56 bits per heavy atom. The van der Waals surface area contributed by atoms with Crippen molar-refractivity contribution in [3.05, 3.63) is 34.9 Å². The number of halogens is 2. The van der Waals surface area contributed by atoms with Crippen molar-refractivity contribution in [1.82, 2.24) is 0 Å². The van der Waals surface area contributed by atoms with Crippen molar-refractivity contribution in [2.75, 3.05) is 28.4 Å². The van der Waals surface area contributed by atoms with Crippen LogP contribution in [0.1, 0.15) is 37.3 Å². The average molecular weight is 452 g/mol. The van der Waals surface area contributed by atoms with Crippen LogP contribution in [0.25, 0.3) is 0 Å². The molecule has 6 nitrogen and oxygen atoms in total. The fraction of sp³-hybridized carbons (Fsp3) is 0.500. The molecule has 0 aromatic heterocycles. The maximum absolute atomic E-state index is 14.8. The van der Waals surface area contributed by atoms with E-state index in [9.17, 15) is 13.9 Å². The number of ether oxygens (including phenoxy) is 5. The largest absolute Gasteiger partial charge is 0.505 e. The molecule has 0 spiro atoms. The molecule has 1 aliphatic heterocycles. The van der Waals surface area contributed by atoms with Crippen molar-refractivity contribution in [1.29, 1.82) is 0 Å². The molecule has 0 aliphatic carbocycles. The third kappa shape index (κ3) is 4.36. The van der Waals surface area contributed by atoms with Gasteiger partial charge in [0.15, 0.2) is 46.1 Å². The SMILES string of the molecule is CCCC1Cc2c(c(F)cc(OC)c2OC)OC1CCc1c(O)c(F)cc(OC)c1OC. The molecule has 2 atom stereocenters. The Balaban J connectivity index is 1.94. The number of phenols is 1. The maximum atomic E-state index is 14.8. The van der Waals surface area contributed by atoms with Crippen LogP contribution in [0.3, 0.4) is 0 Å². The minimum Gasteiger partial charge on any atom is -0.505 e. The number of rotatable bonds is 9. The first kappa shape index (κ1) is 23.8. The Labute approximate surface area is 187 Å². The predicted molar refractivity (Wildman–Crippen MR) is 116 cm³/mol. The highest BCUT2D eigenvalue weighted by Crippen LogP contribution is 2.46. The predicted octanol–water partition coefficient (Wildman–Crippen LogP) is 5.06. The Morgan fingerprint density at radius 1 is 0.938 bits per heavy atom. The van der Waals surface area contributed by atoms with E-state index < -0.39 is 17.4 Å². The second kappa shape index (κ2) is 10.1. The molecule has 176 valence electrons. The molecule has 0 bridgehead atoms. The van der Waals surface area contributed by atoms with Crippen molar-refractivity contribution in [2.45, 2.75) is 45.1 Å². The van der Waals surface area contributed by atoms with E-state index in [-0.39, 0.29) is 35.7 Å². The number of phenolic OH excluding ortho intramolecular Hbond substituents is 1. The van der Waals surface area contributed by atoms with E-state index in [1.165, 1.54) is 34.5 Å². The van der Waals surface area contributed by atoms with Crippen molar-refractivity contribution < 1.29 is 37.6 Å². The van der Waals surface area contributed by atoms with E-state index in [4.69, 9.17) is 23.7 Å². The van der Waals surface area contributed by atoms with Crippen LogP contribution in [-0.2, 0) is 12.8 Å². The smallest absolute Gasteiger partial charge is 0.169 e. The molecule has 0 amide bonds. The van der Waals surface area contributed by atoms with Gasteiger partial charge in [0.05, 0.1) is 28.4 Å². The highest BCUT2D eigenvalue weighted by Gasteiger charge is 2.35. The third-order valence-electron chi connectivity index (χ3n) is 5.96. The van der Waals surface area contributed by atoms with Gasteiger partial charge < -0.3 is 28.8 Å². The summed E-state index contributed by atoms with van der Waals surface area (Å²) in [6.45, 7) is 2.07. The zero-order valence-corrected chi connectivity index (χ0v) is 19.1. The normalized spacial score (nSPS) is 17.3. The summed E-state index contributed by atoms with van der Waals surface area (Å²) in [5.74, 6) is -0.313. The molecule has 1 heterocycles. The first-order valence-corrected chi connectivity index (χ1v) is 10.6. The quantitative estimate of drug-likeness (QED) is 0.574. The molecule has 2 unspecified atom stereocenters. The van der Waals surface area contributed by atoms with Gasteiger partial charge in [0.25, 0.3) is 0 Å². The molecule has 2 aromatic carbocycles. The molecule has 0 radical (unpaired) electrons. The number of aromatic hydroxyl groups is 1. The molecule has 2 aromatic rings. The molecule has 3 rings (SSSR count). The van der Waals surface area contributed by atoms with Crippen LogP contribution in [-0.4, -0.2) is 39.6 Å². The lowest BCUT2D eigenvalue weighted by molar-refractivity contribution is 0.0910. The standard InChI is InChI=1S/C24H30F2O6/c1-6-7-13-10-15-22(17(26)12-20(29-3)24(15)31-5)32-18(13)9-8-14-21(27)16(25)11-19(28-2)23(14)30-4/h11-13,18,27H,6-10H2,1-5H3. The van der Waals surface area contributed by atoms with Crippen molar-refractivity contribution in [3.63, 3.8) is 0 Å². The second-order valence-electron chi connectivity index (χ2n) is 7.77. The van der Waals surface area contributed by atoms with Gasteiger partial charge in [0, 0.05) is 29.2 Å². The number of benzene rings is 2. The highest BCUT2D eigenvalue weighted by atomic mass is 19.1. The summed E-state index contributed by atoms with van der Waals surface area (Å²) in [4.78, 5) is 0. The van der Waals surface area contributed by atoms with Crippen LogP contribution < -0.4 is 23.7 Å². The first-order chi connectivity index (χ1) is 15.4. The fourth-order valence-electron chi connectivity index (χ4n) is 4.47. The summed E-state index contributed by atoms with van der Waals surface area (Å²) >= 11 is 0. The molecule has 0 saturated heterocycles. The minimum absolute atomic E-state index is 0.0801. The van der Waals surface area contributed by atoms with Crippen LogP contribution in [0, 0.1) is 17.6 Å². The summed E-state index contributed by atoms with van der Waals surface area (Å²) < 4.78 is 56.5.